The van der Waals surface area contributed by atoms with Crippen LogP contribution in [0.4, 0.5) is 21.7 Å². The molecule has 0 N–H and O–H groups in total. The molecule has 2 aliphatic heterocycles. The number of rotatable bonds is 3. The average molecular weight is 368 g/mol. The Morgan fingerprint density at radius 2 is 1.44 bits per heavy atom. The predicted octanol–water partition coefficient (Wildman–Crippen LogP) is 1.65. The molecule has 3 heterocycles. The van der Waals surface area contributed by atoms with Crippen molar-refractivity contribution in [3.63, 3.8) is 0 Å². The van der Waals surface area contributed by atoms with E-state index in [0.29, 0.717) is 50.6 Å². The van der Waals surface area contributed by atoms with E-state index in [1.807, 2.05) is 17.0 Å². The van der Waals surface area contributed by atoms with Crippen molar-refractivity contribution in [1.82, 2.24) is 10.2 Å². The fraction of sp³-hybridized carbons (Fsp3) is 0.421. The van der Waals surface area contributed by atoms with E-state index in [-0.39, 0.29) is 5.82 Å². The first-order valence-electron chi connectivity index (χ1n) is 9.11. The molecule has 8 heteroatoms. The van der Waals surface area contributed by atoms with E-state index < -0.39 is 0 Å². The Morgan fingerprint density at radius 3 is 2.04 bits per heavy atom. The summed E-state index contributed by atoms with van der Waals surface area (Å²) in [7, 11) is 0. The van der Waals surface area contributed by atoms with E-state index in [1.165, 1.54) is 6.07 Å². The van der Waals surface area contributed by atoms with E-state index in [2.05, 4.69) is 26.1 Å². The summed E-state index contributed by atoms with van der Waals surface area (Å²) < 4.78 is 19.6. The number of ether oxygens (including phenoxy) is 1. The molecule has 0 spiro atoms. The number of piperazine rings is 1. The summed E-state index contributed by atoms with van der Waals surface area (Å²) in [4.78, 5) is 6.24. The number of nitrogens with zero attached hydrogens (tertiary/aromatic N) is 6. The normalized spacial score (nSPS) is 17.7. The van der Waals surface area contributed by atoms with E-state index in [4.69, 9.17) is 4.74 Å². The van der Waals surface area contributed by atoms with Gasteiger partial charge < -0.3 is 19.4 Å². The number of para-hydroxylation sites is 1. The summed E-state index contributed by atoms with van der Waals surface area (Å²) in [5.74, 6) is 1.34. The third-order valence-electron chi connectivity index (χ3n) is 5.00. The Bertz CT molecular complexity index is 823. The van der Waals surface area contributed by atoms with Crippen LogP contribution in [-0.4, -0.2) is 62.7 Å². The number of benzene rings is 1. The van der Waals surface area contributed by atoms with E-state index in [9.17, 15) is 9.65 Å². The molecule has 2 aliphatic rings. The van der Waals surface area contributed by atoms with Crippen LogP contribution in [0.1, 0.15) is 5.56 Å². The number of hydrogen-bond donors (Lipinski definition) is 0. The summed E-state index contributed by atoms with van der Waals surface area (Å²) in [6, 6.07) is 10.7. The second kappa shape index (κ2) is 7.76. The number of morpholine rings is 1. The van der Waals surface area contributed by atoms with Gasteiger partial charge >= 0.3 is 0 Å². The number of nitriles is 1. The molecule has 2 fully saturated rings. The van der Waals surface area contributed by atoms with Crippen molar-refractivity contribution >= 4 is 17.3 Å². The Kier molecular flexibility index (Phi) is 5.03. The van der Waals surface area contributed by atoms with Crippen molar-refractivity contribution in [2.75, 3.05) is 67.2 Å². The van der Waals surface area contributed by atoms with Crippen molar-refractivity contribution < 1.29 is 9.13 Å². The van der Waals surface area contributed by atoms with Crippen LogP contribution in [0.15, 0.2) is 30.3 Å². The van der Waals surface area contributed by atoms with Crippen molar-refractivity contribution in [2.45, 2.75) is 0 Å². The van der Waals surface area contributed by atoms with Crippen LogP contribution in [0, 0.1) is 17.1 Å². The lowest BCUT2D eigenvalue weighted by Crippen LogP contribution is -2.47. The lowest BCUT2D eigenvalue weighted by Gasteiger charge is -2.37. The molecule has 4 rings (SSSR count). The molecular weight excluding hydrogens is 347 g/mol. The van der Waals surface area contributed by atoms with Gasteiger partial charge in [-0.1, -0.05) is 6.07 Å². The second-order valence-electron chi connectivity index (χ2n) is 6.57. The van der Waals surface area contributed by atoms with Crippen LogP contribution in [-0.2, 0) is 4.74 Å². The number of anilines is 3. The standard InChI is InChI=1S/C19H21FN6O/c20-16-3-1-2-15(14-21)19(16)26-8-6-24(7-9-26)17-4-5-18(23-22-17)25-10-12-27-13-11-25/h1-5H,6-13H2. The third kappa shape index (κ3) is 3.64. The van der Waals surface area contributed by atoms with Gasteiger partial charge in [-0.05, 0) is 24.3 Å². The summed E-state index contributed by atoms with van der Waals surface area (Å²) in [5, 5.41) is 18.0. The van der Waals surface area contributed by atoms with Gasteiger partial charge in [0.25, 0.3) is 0 Å². The fourth-order valence-corrected chi connectivity index (χ4v) is 3.53. The Morgan fingerprint density at radius 1 is 0.852 bits per heavy atom. The number of hydrogen-bond acceptors (Lipinski definition) is 7. The zero-order chi connectivity index (χ0) is 18.6. The maximum absolute atomic E-state index is 14.2. The van der Waals surface area contributed by atoms with Crippen molar-refractivity contribution in [2.24, 2.45) is 0 Å². The molecule has 7 nitrogen and oxygen atoms in total. The van der Waals surface area contributed by atoms with Crippen molar-refractivity contribution in [3.05, 3.63) is 41.7 Å². The van der Waals surface area contributed by atoms with E-state index >= 15 is 0 Å². The summed E-state index contributed by atoms with van der Waals surface area (Å²) >= 11 is 0. The molecule has 0 radical (unpaired) electrons. The Labute approximate surface area is 157 Å². The predicted molar refractivity (Wildman–Crippen MR) is 101 cm³/mol. The molecule has 0 saturated carbocycles. The van der Waals surface area contributed by atoms with Gasteiger partial charge in [-0.25, -0.2) is 4.39 Å². The molecule has 2 aromatic rings. The van der Waals surface area contributed by atoms with Crippen LogP contribution in [0.3, 0.4) is 0 Å². The summed E-state index contributed by atoms with van der Waals surface area (Å²) in [6.07, 6.45) is 0. The topological polar surface area (TPSA) is 68.5 Å². The molecule has 140 valence electrons. The average Bonchev–Trinajstić information content (AvgIpc) is 2.74. The zero-order valence-electron chi connectivity index (χ0n) is 15.0. The lowest BCUT2D eigenvalue weighted by atomic mass is 10.1. The molecule has 0 unspecified atom stereocenters. The van der Waals surface area contributed by atoms with Crippen molar-refractivity contribution in [3.8, 4) is 6.07 Å². The first-order chi connectivity index (χ1) is 13.3. The molecule has 27 heavy (non-hydrogen) atoms. The summed E-state index contributed by atoms with van der Waals surface area (Å²) in [5.41, 5.74) is 0.770. The SMILES string of the molecule is N#Cc1cccc(F)c1N1CCN(c2ccc(N3CCOCC3)nn2)CC1. The monoisotopic (exact) mass is 368 g/mol. The van der Waals surface area contributed by atoms with Crippen LogP contribution in [0.5, 0.6) is 0 Å². The van der Waals surface area contributed by atoms with Gasteiger partial charge in [0.1, 0.15) is 11.9 Å². The maximum Gasteiger partial charge on any atom is 0.151 e. The van der Waals surface area contributed by atoms with Gasteiger partial charge in [-0.3, -0.25) is 0 Å². The molecule has 0 amide bonds. The highest BCUT2D eigenvalue weighted by Crippen LogP contribution is 2.26. The maximum atomic E-state index is 14.2. The van der Waals surface area contributed by atoms with Gasteiger partial charge in [0, 0.05) is 39.3 Å². The van der Waals surface area contributed by atoms with E-state index in [0.717, 1.165) is 24.7 Å². The first-order valence-corrected chi connectivity index (χ1v) is 9.11. The zero-order valence-corrected chi connectivity index (χ0v) is 15.0. The molecule has 0 bridgehead atoms. The van der Waals surface area contributed by atoms with E-state index in [1.54, 1.807) is 12.1 Å². The molecule has 0 aliphatic carbocycles. The fourth-order valence-electron chi connectivity index (χ4n) is 3.53. The second-order valence-corrected chi connectivity index (χ2v) is 6.57. The van der Waals surface area contributed by atoms with Crippen molar-refractivity contribution in [1.29, 1.82) is 5.26 Å². The lowest BCUT2D eigenvalue weighted by molar-refractivity contribution is 0.122. The van der Waals surface area contributed by atoms with Gasteiger partial charge in [0.15, 0.2) is 11.6 Å². The highest BCUT2D eigenvalue weighted by atomic mass is 19.1. The van der Waals surface area contributed by atoms with Crippen LogP contribution >= 0.6 is 0 Å². The van der Waals surface area contributed by atoms with Crippen LogP contribution in [0.25, 0.3) is 0 Å². The van der Waals surface area contributed by atoms with Crippen LogP contribution in [0.2, 0.25) is 0 Å². The molecular formula is C19H21FN6O. The van der Waals surface area contributed by atoms with Gasteiger partial charge in [-0.2, -0.15) is 5.26 Å². The molecule has 1 aromatic heterocycles. The Hall–Kier alpha value is -2.92. The molecule has 1 aromatic carbocycles. The first kappa shape index (κ1) is 17.5. The minimum absolute atomic E-state index is 0.350. The third-order valence-corrected chi connectivity index (χ3v) is 5.00. The Balaban J connectivity index is 1.42. The van der Waals surface area contributed by atoms with Gasteiger partial charge in [0.2, 0.25) is 0 Å². The number of halogens is 1. The van der Waals surface area contributed by atoms with Gasteiger partial charge in [-0.15, -0.1) is 10.2 Å². The smallest absolute Gasteiger partial charge is 0.151 e. The minimum atomic E-state index is -0.350. The quantitative estimate of drug-likeness (QED) is 0.816. The van der Waals surface area contributed by atoms with Gasteiger partial charge in [0.05, 0.1) is 24.5 Å². The molecule has 2 saturated heterocycles. The molecule has 0 atom stereocenters. The largest absolute Gasteiger partial charge is 0.378 e. The number of aromatic nitrogens is 2. The highest BCUT2D eigenvalue weighted by Gasteiger charge is 2.23. The highest BCUT2D eigenvalue weighted by molar-refractivity contribution is 5.61. The van der Waals surface area contributed by atoms with Crippen LogP contribution < -0.4 is 14.7 Å². The summed E-state index contributed by atoms with van der Waals surface area (Å²) in [6.45, 7) is 5.74. The minimum Gasteiger partial charge on any atom is -0.378 e.